The summed E-state index contributed by atoms with van der Waals surface area (Å²) in [5.74, 6) is 0.425. The molecule has 0 fully saturated rings. The van der Waals surface area contributed by atoms with Gasteiger partial charge in [-0.3, -0.25) is 0 Å². The number of hydrogen-bond acceptors (Lipinski definition) is 3. The zero-order chi connectivity index (χ0) is 14.8. The molecule has 0 bridgehead atoms. The van der Waals surface area contributed by atoms with E-state index in [1.807, 2.05) is 30.3 Å². The third-order valence-electron chi connectivity index (χ3n) is 3.07. The van der Waals surface area contributed by atoms with Crippen molar-refractivity contribution in [3.8, 4) is 11.6 Å². The van der Waals surface area contributed by atoms with E-state index in [9.17, 15) is 4.39 Å². The number of pyridine rings is 1. The summed E-state index contributed by atoms with van der Waals surface area (Å²) in [5.41, 5.74) is 6.39. The smallest absolute Gasteiger partial charge is 0.227 e. The maximum absolute atomic E-state index is 13.4. The van der Waals surface area contributed by atoms with E-state index in [0.717, 1.165) is 16.5 Å². The van der Waals surface area contributed by atoms with Crippen molar-refractivity contribution in [3.05, 3.63) is 64.5 Å². The Morgan fingerprint density at radius 3 is 2.76 bits per heavy atom. The lowest BCUT2D eigenvalue weighted by molar-refractivity contribution is 0.459. The number of ether oxygens (including phenoxy) is 1. The molecule has 2 aromatic carbocycles. The van der Waals surface area contributed by atoms with Crippen LogP contribution in [0.2, 0.25) is 0 Å². The summed E-state index contributed by atoms with van der Waals surface area (Å²) in [6.45, 7) is 0.311. The van der Waals surface area contributed by atoms with Gasteiger partial charge in [-0.05, 0) is 45.6 Å². The van der Waals surface area contributed by atoms with Crippen LogP contribution in [0.4, 0.5) is 4.39 Å². The van der Waals surface area contributed by atoms with Gasteiger partial charge in [-0.2, -0.15) is 0 Å². The summed E-state index contributed by atoms with van der Waals surface area (Å²) < 4.78 is 19.8. The zero-order valence-electron chi connectivity index (χ0n) is 11.0. The second-order valence-corrected chi connectivity index (χ2v) is 5.38. The van der Waals surface area contributed by atoms with E-state index in [-0.39, 0.29) is 5.82 Å². The Morgan fingerprint density at radius 1 is 1.14 bits per heavy atom. The van der Waals surface area contributed by atoms with Gasteiger partial charge in [-0.25, -0.2) is 9.37 Å². The predicted octanol–water partition coefficient (Wildman–Crippen LogP) is 4.39. The molecule has 0 aliphatic carbocycles. The fraction of sp³-hybridized carbons (Fsp3) is 0.0625. The number of rotatable bonds is 3. The van der Waals surface area contributed by atoms with E-state index in [4.69, 9.17) is 10.5 Å². The summed E-state index contributed by atoms with van der Waals surface area (Å²) in [6.07, 6.45) is 0. The van der Waals surface area contributed by atoms with Gasteiger partial charge in [-0.1, -0.05) is 18.2 Å². The standard InChI is InChI=1S/C16H12BrFN2O/c17-14-6-5-11(18)8-15(14)21-16-13-4-2-1-3-10(13)7-12(9-19)20-16/h1-8H,9,19H2. The van der Waals surface area contributed by atoms with E-state index in [1.54, 1.807) is 6.07 Å². The van der Waals surface area contributed by atoms with Crippen LogP contribution in [0.5, 0.6) is 11.6 Å². The number of fused-ring (bicyclic) bond motifs is 1. The summed E-state index contributed by atoms with van der Waals surface area (Å²) in [5, 5.41) is 1.83. The fourth-order valence-electron chi connectivity index (χ4n) is 2.06. The molecule has 2 N–H and O–H groups in total. The molecule has 0 unspecified atom stereocenters. The highest BCUT2D eigenvalue weighted by Crippen LogP contribution is 2.33. The highest BCUT2D eigenvalue weighted by molar-refractivity contribution is 9.10. The summed E-state index contributed by atoms with van der Waals surface area (Å²) in [6, 6.07) is 13.9. The van der Waals surface area contributed by atoms with Gasteiger partial charge < -0.3 is 10.5 Å². The largest absolute Gasteiger partial charge is 0.437 e. The Bertz CT molecular complexity index is 807. The van der Waals surface area contributed by atoms with Crippen molar-refractivity contribution in [1.29, 1.82) is 0 Å². The Morgan fingerprint density at radius 2 is 1.95 bits per heavy atom. The predicted molar refractivity (Wildman–Crippen MR) is 83.8 cm³/mol. The number of nitrogens with two attached hydrogens (primary N) is 1. The molecule has 3 aromatic rings. The lowest BCUT2D eigenvalue weighted by Crippen LogP contribution is -2.01. The van der Waals surface area contributed by atoms with Crippen LogP contribution < -0.4 is 10.5 Å². The van der Waals surface area contributed by atoms with Gasteiger partial charge in [-0.15, -0.1) is 0 Å². The summed E-state index contributed by atoms with van der Waals surface area (Å²) in [4.78, 5) is 4.39. The molecule has 106 valence electrons. The van der Waals surface area contributed by atoms with Crippen LogP contribution in [-0.4, -0.2) is 4.98 Å². The molecule has 0 aliphatic rings. The maximum atomic E-state index is 13.4. The Labute approximate surface area is 129 Å². The number of aromatic nitrogens is 1. The molecule has 5 heteroatoms. The molecule has 3 rings (SSSR count). The molecule has 0 atom stereocenters. The minimum Gasteiger partial charge on any atom is -0.437 e. The van der Waals surface area contributed by atoms with Crippen molar-refractivity contribution in [3.63, 3.8) is 0 Å². The average Bonchev–Trinajstić information content (AvgIpc) is 2.50. The zero-order valence-corrected chi connectivity index (χ0v) is 12.6. The summed E-state index contributed by atoms with van der Waals surface area (Å²) >= 11 is 3.34. The van der Waals surface area contributed by atoms with E-state index in [2.05, 4.69) is 20.9 Å². The molecule has 0 saturated carbocycles. The average molecular weight is 347 g/mol. The molecule has 0 spiro atoms. The Kier molecular flexibility index (Phi) is 3.86. The first-order valence-electron chi connectivity index (χ1n) is 6.39. The lowest BCUT2D eigenvalue weighted by Gasteiger charge is -2.11. The van der Waals surface area contributed by atoms with Gasteiger partial charge in [0.25, 0.3) is 0 Å². The minimum atomic E-state index is -0.368. The number of nitrogens with zero attached hydrogens (tertiary/aromatic N) is 1. The van der Waals surface area contributed by atoms with Gasteiger partial charge >= 0.3 is 0 Å². The van der Waals surface area contributed by atoms with Gasteiger partial charge in [0.2, 0.25) is 5.88 Å². The molecule has 21 heavy (non-hydrogen) atoms. The third-order valence-corrected chi connectivity index (χ3v) is 3.72. The molecular weight excluding hydrogens is 335 g/mol. The SMILES string of the molecule is NCc1cc2ccccc2c(Oc2cc(F)ccc2Br)n1. The summed E-state index contributed by atoms with van der Waals surface area (Å²) in [7, 11) is 0. The van der Waals surface area contributed by atoms with E-state index >= 15 is 0 Å². The molecule has 1 heterocycles. The van der Waals surface area contributed by atoms with Gasteiger partial charge in [0.05, 0.1) is 10.2 Å². The first kappa shape index (κ1) is 14.0. The highest BCUT2D eigenvalue weighted by Gasteiger charge is 2.10. The maximum Gasteiger partial charge on any atom is 0.227 e. The van der Waals surface area contributed by atoms with Crippen molar-refractivity contribution in [2.45, 2.75) is 6.54 Å². The highest BCUT2D eigenvalue weighted by atomic mass is 79.9. The first-order valence-corrected chi connectivity index (χ1v) is 7.18. The van der Waals surface area contributed by atoms with Crippen LogP contribution in [0.15, 0.2) is 53.0 Å². The lowest BCUT2D eigenvalue weighted by atomic mass is 10.1. The number of halogens is 2. The van der Waals surface area contributed by atoms with Crippen molar-refractivity contribution in [1.82, 2.24) is 4.98 Å². The third kappa shape index (κ3) is 2.89. The van der Waals surface area contributed by atoms with Crippen LogP contribution in [0.25, 0.3) is 10.8 Å². The number of benzene rings is 2. The van der Waals surface area contributed by atoms with Crippen molar-refractivity contribution in [2.75, 3.05) is 0 Å². The van der Waals surface area contributed by atoms with Crippen molar-refractivity contribution < 1.29 is 9.13 Å². The normalized spacial score (nSPS) is 10.8. The minimum absolute atomic E-state index is 0.311. The van der Waals surface area contributed by atoms with Gasteiger partial charge in [0.15, 0.2) is 0 Å². The van der Waals surface area contributed by atoms with Crippen molar-refractivity contribution >= 4 is 26.7 Å². The monoisotopic (exact) mass is 346 g/mol. The fourth-order valence-corrected chi connectivity index (χ4v) is 2.39. The van der Waals surface area contributed by atoms with Crippen LogP contribution in [0, 0.1) is 5.82 Å². The van der Waals surface area contributed by atoms with E-state index < -0.39 is 0 Å². The molecule has 1 aromatic heterocycles. The van der Waals surface area contributed by atoms with Crippen molar-refractivity contribution in [2.24, 2.45) is 5.73 Å². The molecule has 0 radical (unpaired) electrons. The second kappa shape index (κ2) is 5.79. The van der Waals surface area contributed by atoms with Gasteiger partial charge in [0, 0.05) is 18.0 Å². The Hall–Kier alpha value is -1.98. The molecular formula is C16H12BrFN2O. The topological polar surface area (TPSA) is 48.1 Å². The van der Waals surface area contributed by atoms with Crippen LogP contribution in [0.3, 0.4) is 0 Å². The van der Waals surface area contributed by atoms with Crippen LogP contribution in [-0.2, 0) is 6.54 Å². The molecule has 0 saturated heterocycles. The van der Waals surface area contributed by atoms with Gasteiger partial charge in [0.1, 0.15) is 11.6 Å². The second-order valence-electron chi connectivity index (χ2n) is 4.52. The van der Waals surface area contributed by atoms with E-state index in [1.165, 1.54) is 12.1 Å². The van der Waals surface area contributed by atoms with E-state index in [0.29, 0.717) is 22.6 Å². The quantitative estimate of drug-likeness (QED) is 0.765. The molecule has 3 nitrogen and oxygen atoms in total. The molecule has 0 aliphatic heterocycles. The van der Waals surface area contributed by atoms with Crippen LogP contribution >= 0.6 is 15.9 Å². The number of hydrogen-bond donors (Lipinski definition) is 1. The first-order chi connectivity index (χ1) is 10.2. The Balaban J connectivity index is 2.13. The molecule has 0 amide bonds. The van der Waals surface area contributed by atoms with Crippen LogP contribution in [0.1, 0.15) is 5.69 Å².